The third-order valence-corrected chi connectivity index (χ3v) is 3.86. The molecule has 0 saturated carbocycles. The molecule has 1 aromatic heterocycles. The van der Waals surface area contributed by atoms with E-state index in [0.717, 1.165) is 5.39 Å². The van der Waals surface area contributed by atoms with E-state index in [1.807, 2.05) is 23.1 Å². The van der Waals surface area contributed by atoms with Gasteiger partial charge in [0.25, 0.3) is 5.56 Å². The Morgan fingerprint density at radius 2 is 1.77 bits per heavy atom. The fourth-order valence-corrected chi connectivity index (χ4v) is 2.77. The molecule has 2 heterocycles. The smallest absolute Gasteiger partial charge is 0.356 e. The number of pyridine rings is 1. The number of anilines is 1. The van der Waals surface area contributed by atoms with Gasteiger partial charge >= 0.3 is 6.18 Å². The van der Waals surface area contributed by atoms with Crippen molar-refractivity contribution in [1.29, 1.82) is 0 Å². The number of nitrogens with one attached hydrogen (secondary N) is 1. The van der Waals surface area contributed by atoms with Crippen molar-refractivity contribution in [3.63, 3.8) is 0 Å². The molecule has 22 heavy (non-hydrogen) atoms. The highest BCUT2D eigenvalue weighted by atomic mass is 19.4. The summed E-state index contributed by atoms with van der Waals surface area (Å²) >= 11 is 0. The Kier molecular flexibility index (Phi) is 3.82. The zero-order valence-corrected chi connectivity index (χ0v) is 11.9. The maximum absolute atomic E-state index is 12.4. The van der Waals surface area contributed by atoms with E-state index in [9.17, 15) is 18.0 Å². The molecule has 1 aliphatic heterocycles. The molecular weight excluding hydrogens is 295 g/mol. The van der Waals surface area contributed by atoms with E-state index in [1.54, 1.807) is 12.1 Å². The molecule has 1 aromatic carbocycles. The fraction of sp³-hybridized carbons (Fsp3) is 0.400. The van der Waals surface area contributed by atoms with Crippen molar-refractivity contribution in [2.24, 2.45) is 0 Å². The number of benzene rings is 1. The number of rotatable bonds is 2. The minimum absolute atomic E-state index is 0.175. The van der Waals surface area contributed by atoms with Gasteiger partial charge in [0.05, 0.1) is 6.54 Å². The quantitative estimate of drug-likeness (QED) is 0.924. The third-order valence-electron chi connectivity index (χ3n) is 3.86. The summed E-state index contributed by atoms with van der Waals surface area (Å²) in [7, 11) is 0. The second kappa shape index (κ2) is 5.64. The number of H-pyrrole nitrogens is 1. The van der Waals surface area contributed by atoms with E-state index >= 15 is 0 Å². The van der Waals surface area contributed by atoms with E-state index in [2.05, 4.69) is 4.98 Å². The standard InChI is InChI=1S/C15H16F3N3O/c16-15(17,18)10-20-5-7-21(8-6-20)13-9-11-3-1-2-4-12(11)14(22)19-13/h1-4,9H,5-8,10H2,(H,19,22). The Morgan fingerprint density at radius 1 is 1.09 bits per heavy atom. The fourth-order valence-electron chi connectivity index (χ4n) is 2.77. The van der Waals surface area contributed by atoms with Crippen molar-refractivity contribution in [2.45, 2.75) is 6.18 Å². The minimum atomic E-state index is -4.17. The normalized spacial score (nSPS) is 17.1. The summed E-state index contributed by atoms with van der Waals surface area (Å²) in [5, 5.41) is 1.45. The molecule has 0 atom stereocenters. The van der Waals surface area contributed by atoms with Crippen LogP contribution in [0.1, 0.15) is 0 Å². The molecule has 1 fully saturated rings. The second-order valence-electron chi connectivity index (χ2n) is 5.45. The van der Waals surface area contributed by atoms with Gasteiger partial charge in [-0.15, -0.1) is 0 Å². The molecule has 3 rings (SSSR count). The third kappa shape index (κ3) is 3.24. The van der Waals surface area contributed by atoms with E-state index in [0.29, 0.717) is 37.4 Å². The number of aromatic amines is 1. The van der Waals surface area contributed by atoms with Gasteiger partial charge in [-0.2, -0.15) is 13.2 Å². The second-order valence-corrected chi connectivity index (χ2v) is 5.45. The van der Waals surface area contributed by atoms with Crippen LogP contribution in [-0.2, 0) is 0 Å². The van der Waals surface area contributed by atoms with Crippen LogP contribution in [0.4, 0.5) is 19.0 Å². The van der Waals surface area contributed by atoms with Crippen molar-refractivity contribution in [3.8, 4) is 0 Å². The number of hydrogen-bond donors (Lipinski definition) is 1. The summed E-state index contributed by atoms with van der Waals surface area (Å²) in [6.45, 7) is 0.701. The van der Waals surface area contributed by atoms with Crippen molar-refractivity contribution in [2.75, 3.05) is 37.6 Å². The van der Waals surface area contributed by atoms with Crippen LogP contribution < -0.4 is 10.5 Å². The van der Waals surface area contributed by atoms with Crippen LogP contribution in [0.2, 0.25) is 0 Å². The molecule has 4 nitrogen and oxygen atoms in total. The van der Waals surface area contributed by atoms with Crippen LogP contribution >= 0.6 is 0 Å². The van der Waals surface area contributed by atoms with Gasteiger partial charge < -0.3 is 9.88 Å². The summed E-state index contributed by atoms with van der Waals surface area (Å²) < 4.78 is 37.2. The Labute approximate surface area is 125 Å². The summed E-state index contributed by atoms with van der Waals surface area (Å²) in [5.74, 6) is 0.662. The average molecular weight is 311 g/mol. The molecule has 1 N–H and O–H groups in total. The Bertz CT molecular complexity index is 718. The van der Waals surface area contributed by atoms with Gasteiger partial charge in [-0.1, -0.05) is 18.2 Å². The van der Waals surface area contributed by atoms with E-state index < -0.39 is 12.7 Å². The summed E-state index contributed by atoms with van der Waals surface area (Å²) in [5.41, 5.74) is -0.175. The lowest BCUT2D eigenvalue weighted by atomic mass is 10.1. The first-order chi connectivity index (χ1) is 10.4. The largest absolute Gasteiger partial charge is 0.401 e. The first-order valence-corrected chi connectivity index (χ1v) is 7.08. The van der Waals surface area contributed by atoms with E-state index in [-0.39, 0.29) is 5.56 Å². The molecule has 0 amide bonds. The number of aromatic nitrogens is 1. The highest BCUT2D eigenvalue weighted by Gasteiger charge is 2.32. The van der Waals surface area contributed by atoms with Gasteiger partial charge in [0.15, 0.2) is 0 Å². The lowest BCUT2D eigenvalue weighted by Crippen LogP contribution is -2.49. The Morgan fingerprint density at radius 3 is 2.45 bits per heavy atom. The molecule has 0 aliphatic carbocycles. The molecular formula is C15H16F3N3O. The molecule has 1 aliphatic rings. The SMILES string of the molecule is O=c1[nH]c(N2CCN(CC(F)(F)F)CC2)cc2ccccc12. The summed E-state index contributed by atoms with van der Waals surface area (Å²) in [4.78, 5) is 18.2. The predicted octanol–water partition coefficient (Wildman–Crippen LogP) is 2.21. The lowest BCUT2D eigenvalue weighted by Gasteiger charge is -2.35. The number of nitrogens with zero attached hydrogens (tertiary/aromatic N) is 2. The molecule has 118 valence electrons. The Balaban J connectivity index is 1.75. The van der Waals surface area contributed by atoms with Crippen LogP contribution in [0.3, 0.4) is 0 Å². The highest BCUT2D eigenvalue weighted by Crippen LogP contribution is 2.20. The number of fused-ring (bicyclic) bond motifs is 1. The van der Waals surface area contributed by atoms with Gasteiger partial charge in [0, 0.05) is 31.6 Å². The first-order valence-electron chi connectivity index (χ1n) is 7.08. The van der Waals surface area contributed by atoms with Crippen LogP contribution in [-0.4, -0.2) is 48.8 Å². The molecule has 0 bridgehead atoms. The van der Waals surface area contributed by atoms with Crippen LogP contribution in [0.5, 0.6) is 0 Å². The summed E-state index contributed by atoms with van der Waals surface area (Å²) in [6.07, 6.45) is -4.17. The lowest BCUT2D eigenvalue weighted by molar-refractivity contribution is -0.146. The maximum atomic E-state index is 12.4. The molecule has 0 unspecified atom stereocenters. The molecule has 7 heteroatoms. The van der Waals surface area contributed by atoms with Gasteiger partial charge in [0.2, 0.25) is 0 Å². The summed E-state index contributed by atoms with van der Waals surface area (Å²) in [6, 6.07) is 9.13. The topological polar surface area (TPSA) is 39.3 Å². The Hall–Kier alpha value is -2.02. The van der Waals surface area contributed by atoms with Crippen molar-refractivity contribution >= 4 is 16.6 Å². The van der Waals surface area contributed by atoms with Crippen molar-refractivity contribution in [3.05, 3.63) is 40.7 Å². The minimum Gasteiger partial charge on any atom is -0.356 e. The van der Waals surface area contributed by atoms with Crippen LogP contribution in [0.15, 0.2) is 35.1 Å². The van der Waals surface area contributed by atoms with Crippen molar-refractivity contribution < 1.29 is 13.2 Å². The van der Waals surface area contributed by atoms with Gasteiger partial charge in [0.1, 0.15) is 5.82 Å². The predicted molar refractivity (Wildman–Crippen MR) is 79.3 cm³/mol. The number of hydrogen-bond acceptors (Lipinski definition) is 3. The molecule has 1 saturated heterocycles. The van der Waals surface area contributed by atoms with Gasteiger partial charge in [-0.3, -0.25) is 9.69 Å². The molecule has 0 radical (unpaired) electrons. The first kappa shape index (κ1) is 14.9. The van der Waals surface area contributed by atoms with Crippen molar-refractivity contribution in [1.82, 2.24) is 9.88 Å². The van der Waals surface area contributed by atoms with E-state index in [1.165, 1.54) is 4.90 Å². The monoisotopic (exact) mass is 311 g/mol. The number of halogens is 3. The maximum Gasteiger partial charge on any atom is 0.401 e. The molecule has 2 aromatic rings. The number of piperazine rings is 1. The molecule has 0 spiro atoms. The number of alkyl halides is 3. The van der Waals surface area contributed by atoms with Gasteiger partial charge in [-0.25, -0.2) is 0 Å². The highest BCUT2D eigenvalue weighted by molar-refractivity contribution is 5.83. The van der Waals surface area contributed by atoms with Crippen LogP contribution in [0.25, 0.3) is 10.8 Å². The van der Waals surface area contributed by atoms with Crippen LogP contribution in [0, 0.1) is 0 Å². The zero-order valence-electron chi connectivity index (χ0n) is 11.9. The van der Waals surface area contributed by atoms with Gasteiger partial charge in [-0.05, 0) is 17.5 Å². The average Bonchev–Trinajstić information content (AvgIpc) is 2.46. The zero-order chi connectivity index (χ0) is 15.7. The van der Waals surface area contributed by atoms with E-state index in [4.69, 9.17) is 0 Å².